The van der Waals surface area contributed by atoms with Crippen LogP contribution in [-0.2, 0) is 4.79 Å². The van der Waals surface area contributed by atoms with E-state index in [4.69, 9.17) is 13.9 Å². The molecule has 0 aliphatic heterocycles. The number of anilines is 1. The van der Waals surface area contributed by atoms with Crippen LogP contribution in [0.2, 0.25) is 0 Å². The summed E-state index contributed by atoms with van der Waals surface area (Å²) in [6, 6.07) is 15.5. The standard InChI is InChI=1S/C28H26N2O6/c1-5-35-27-18(3)28-24(25(16-36-28)19-8-6-11-22(13-19)34-4)15-23(27)17(2)12-26(31)29-20-9-7-10-21(14-20)30(32)33/h6-16H,5H2,1-4H3,(H,29,31)/b17-12+. The van der Waals surface area contributed by atoms with Gasteiger partial charge in [-0.3, -0.25) is 14.9 Å². The predicted molar refractivity (Wildman–Crippen MR) is 139 cm³/mol. The summed E-state index contributed by atoms with van der Waals surface area (Å²) in [7, 11) is 1.62. The van der Waals surface area contributed by atoms with E-state index in [1.807, 2.05) is 51.1 Å². The van der Waals surface area contributed by atoms with Crippen LogP contribution in [0.15, 0.2) is 71.4 Å². The number of nitro benzene ring substituents is 1. The molecule has 3 aromatic carbocycles. The molecular weight excluding hydrogens is 460 g/mol. The highest BCUT2D eigenvalue weighted by atomic mass is 16.6. The smallest absolute Gasteiger partial charge is 0.271 e. The number of allylic oxidation sites excluding steroid dienone is 1. The van der Waals surface area contributed by atoms with Gasteiger partial charge in [0.25, 0.3) is 5.69 Å². The maximum Gasteiger partial charge on any atom is 0.271 e. The SMILES string of the molecule is CCOc1c(/C(C)=C/C(=O)Nc2cccc([N+](=O)[O-])c2)cc2c(-c3cccc(OC)c3)coc2c1C. The van der Waals surface area contributed by atoms with Crippen molar-refractivity contribution >= 4 is 33.8 Å². The van der Waals surface area contributed by atoms with Crippen molar-refractivity contribution < 1.29 is 23.6 Å². The fourth-order valence-electron chi connectivity index (χ4n) is 4.10. The lowest BCUT2D eigenvalue weighted by molar-refractivity contribution is -0.384. The molecule has 0 aliphatic rings. The van der Waals surface area contributed by atoms with Crippen molar-refractivity contribution in [1.29, 1.82) is 0 Å². The summed E-state index contributed by atoms with van der Waals surface area (Å²) in [6.07, 6.45) is 3.16. The van der Waals surface area contributed by atoms with Crippen LogP contribution in [0.1, 0.15) is 25.0 Å². The average Bonchev–Trinajstić information content (AvgIpc) is 3.30. The van der Waals surface area contributed by atoms with Crippen LogP contribution in [0.25, 0.3) is 27.7 Å². The number of nitrogens with zero attached hydrogens (tertiary/aromatic N) is 1. The summed E-state index contributed by atoms with van der Waals surface area (Å²) in [6.45, 7) is 6.08. The number of fused-ring (bicyclic) bond motifs is 1. The van der Waals surface area contributed by atoms with Gasteiger partial charge < -0.3 is 19.2 Å². The first kappa shape index (κ1) is 24.5. The van der Waals surface area contributed by atoms with Gasteiger partial charge in [-0.15, -0.1) is 0 Å². The Morgan fingerprint density at radius 1 is 1.17 bits per heavy atom. The molecule has 36 heavy (non-hydrogen) atoms. The lowest BCUT2D eigenvalue weighted by Gasteiger charge is -2.15. The van der Waals surface area contributed by atoms with Crippen LogP contribution in [0.3, 0.4) is 0 Å². The second-order valence-electron chi connectivity index (χ2n) is 8.19. The van der Waals surface area contributed by atoms with Crippen molar-refractivity contribution in [3.63, 3.8) is 0 Å². The molecule has 0 atom stereocenters. The third-order valence-corrected chi connectivity index (χ3v) is 5.81. The highest BCUT2D eigenvalue weighted by Gasteiger charge is 2.19. The number of nitro groups is 1. The second kappa shape index (κ2) is 10.4. The normalized spacial score (nSPS) is 11.4. The molecule has 0 unspecified atom stereocenters. The van der Waals surface area contributed by atoms with E-state index >= 15 is 0 Å². The Morgan fingerprint density at radius 2 is 1.94 bits per heavy atom. The number of hydrogen-bond acceptors (Lipinski definition) is 6. The molecule has 0 radical (unpaired) electrons. The Kier molecular flexibility index (Phi) is 7.05. The molecule has 0 saturated carbocycles. The van der Waals surface area contributed by atoms with E-state index < -0.39 is 10.8 Å². The molecule has 0 aliphatic carbocycles. The highest BCUT2D eigenvalue weighted by molar-refractivity contribution is 6.06. The molecule has 184 valence electrons. The first-order valence-electron chi connectivity index (χ1n) is 11.4. The van der Waals surface area contributed by atoms with E-state index in [2.05, 4.69) is 5.32 Å². The summed E-state index contributed by atoms with van der Waals surface area (Å²) < 4.78 is 17.3. The fraction of sp³-hybridized carbons (Fsp3) is 0.179. The summed E-state index contributed by atoms with van der Waals surface area (Å²) in [5, 5.41) is 14.6. The van der Waals surface area contributed by atoms with Crippen LogP contribution in [-0.4, -0.2) is 24.5 Å². The van der Waals surface area contributed by atoms with Crippen molar-refractivity contribution in [2.45, 2.75) is 20.8 Å². The van der Waals surface area contributed by atoms with Gasteiger partial charge in [0.1, 0.15) is 17.1 Å². The van der Waals surface area contributed by atoms with Gasteiger partial charge in [0, 0.05) is 46.0 Å². The molecule has 1 heterocycles. The molecule has 1 aromatic heterocycles. The zero-order valence-electron chi connectivity index (χ0n) is 20.5. The second-order valence-corrected chi connectivity index (χ2v) is 8.19. The maximum atomic E-state index is 12.8. The topological polar surface area (TPSA) is 104 Å². The number of benzene rings is 3. The number of carbonyl (C=O) groups excluding carboxylic acids is 1. The summed E-state index contributed by atoms with van der Waals surface area (Å²) in [4.78, 5) is 23.3. The number of methoxy groups -OCH3 is 1. The van der Waals surface area contributed by atoms with Gasteiger partial charge in [-0.05, 0) is 56.2 Å². The zero-order valence-corrected chi connectivity index (χ0v) is 20.5. The summed E-state index contributed by atoms with van der Waals surface area (Å²) in [5.74, 6) is 0.959. The van der Waals surface area contributed by atoms with Crippen LogP contribution in [0.5, 0.6) is 11.5 Å². The number of nitrogens with one attached hydrogen (secondary N) is 1. The van der Waals surface area contributed by atoms with Gasteiger partial charge >= 0.3 is 0 Å². The quantitative estimate of drug-likeness (QED) is 0.167. The van der Waals surface area contributed by atoms with E-state index in [-0.39, 0.29) is 5.69 Å². The van der Waals surface area contributed by atoms with E-state index in [0.29, 0.717) is 29.2 Å². The molecule has 8 heteroatoms. The number of furan rings is 1. The Morgan fingerprint density at radius 3 is 2.67 bits per heavy atom. The lowest BCUT2D eigenvalue weighted by Crippen LogP contribution is -2.09. The number of carbonyl (C=O) groups is 1. The first-order chi connectivity index (χ1) is 17.3. The van der Waals surface area contributed by atoms with Crippen LogP contribution in [0.4, 0.5) is 11.4 Å². The van der Waals surface area contributed by atoms with E-state index in [0.717, 1.165) is 33.4 Å². The number of non-ortho nitro benzene ring substituents is 1. The zero-order chi connectivity index (χ0) is 25.8. The Hall–Kier alpha value is -4.59. The largest absolute Gasteiger partial charge is 0.497 e. The molecular formula is C28H26N2O6. The van der Waals surface area contributed by atoms with Crippen molar-refractivity contribution in [2.75, 3.05) is 19.0 Å². The number of amides is 1. The van der Waals surface area contributed by atoms with Crippen LogP contribution >= 0.6 is 0 Å². The molecule has 4 aromatic rings. The Balaban J connectivity index is 1.76. The molecule has 0 bridgehead atoms. The lowest BCUT2D eigenvalue weighted by atomic mass is 9.96. The number of ether oxygens (including phenoxy) is 2. The molecule has 1 N–H and O–H groups in total. The van der Waals surface area contributed by atoms with E-state index in [9.17, 15) is 14.9 Å². The van der Waals surface area contributed by atoms with E-state index in [1.54, 1.807) is 19.4 Å². The minimum atomic E-state index is -0.506. The maximum absolute atomic E-state index is 12.8. The van der Waals surface area contributed by atoms with E-state index in [1.165, 1.54) is 24.3 Å². The number of aryl methyl sites for hydroxylation is 1. The Labute approximate surface area is 208 Å². The van der Waals surface area contributed by atoms with Crippen LogP contribution < -0.4 is 14.8 Å². The predicted octanol–water partition coefficient (Wildman–Crippen LogP) is 6.77. The monoisotopic (exact) mass is 486 g/mol. The third-order valence-electron chi connectivity index (χ3n) is 5.81. The van der Waals surface area contributed by atoms with Crippen molar-refractivity contribution in [1.82, 2.24) is 0 Å². The fourth-order valence-corrected chi connectivity index (χ4v) is 4.10. The first-order valence-corrected chi connectivity index (χ1v) is 11.4. The molecule has 0 fully saturated rings. The molecule has 1 amide bonds. The third kappa shape index (κ3) is 4.93. The molecule has 8 nitrogen and oxygen atoms in total. The average molecular weight is 487 g/mol. The molecule has 0 spiro atoms. The van der Waals surface area contributed by atoms with Gasteiger partial charge in [0.15, 0.2) is 0 Å². The van der Waals surface area contributed by atoms with Gasteiger partial charge in [-0.1, -0.05) is 18.2 Å². The summed E-state index contributed by atoms with van der Waals surface area (Å²) >= 11 is 0. The van der Waals surface area contributed by atoms with Crippen LogP contribution in [0, 0.1) is 17.0 Å². The minimum absolute atomic E-state index is 0.0989. The van der Waals surface area contributed by atoms with Gasteiger partial charge in [-0.25, -0.2) is 0 Å². The molecule has 4 rings (SSSR count). The number of hydrogen-bond donors (Lipinski definition) is 1. The summed E-state index contributed by atoms with van der Waals surface area (Å²) in [5.41, 5.74) is 5.02. The van der Waals surface area contributed by atoms with Gasteiger partial charge in [-0.2, -0.15) is 0 Å². The minimum Gasteiger partial charge on any atom is -0.497 e. The molecule has 0 saturated heterocycles. The van der Waals surface area contributed by atoms with Gasteiger partial charge in [0.05, 0.1) is 24.9 Å². The van der Waals surface area contributed by atoms with Gasteiger partial charge in [0.2, 0.25) is 5.91 Å². The van der Waals surface area contributed by atoms with Crippen molar-refractivity contribution in [3.8, 4) is 22.6 Å². The highest BCUT2D eigenvalue weighted by Crippen LogP contribution is 2.41. The Bertz CT molecular complexity index is 1480. The number of rotatable bonds is 8. The van der Waals surface area contributed by atoms with Crippen molar-refractivity contribution in [2.24, 2.45) is 0 Å². The van der Waals surface area contributed by atoms with Crippen molar-refractivity contribution in [3.05, 3.63) is 88.2 Å².